The molecule has 0 unspecified atom stereocenters. The van der Waals surface area contributed by atoms with Gasteiger partial charge in [0, 0.05) is 10.3 Å². The van der Waals surface area contributed by atoms with Gasteiger partial charge in [-0.15, -0.1) is 11.8 Å². The van der Waals surface area contributed by atoms with Crippen LogP contribution in [0.3, 0.4) is 0 Å². The highest BCUT2D eigenvalue weighted by atomic mass is 32.2. The molecule has 0 spiro atoms. The van der Waals surface area contributed by atoms with Crippen molar-refractivity contribution in [2.24, 2.45) is 0 Å². The molecule has 1 aromatic rings. The van der Waals surface area contributed by atoms with E-state index in [0.29, 0.717) is 0 Å². The zero-order valence-corrected chi connectivity index (χ0v) is 11.1. The zero-order chi connectivity index (χ0) is 12.5. The van der Waals surface area contributed by atoms with Crippen LogP contribution in [0.15, 0.2) is 23.1 Å². The number of carboxylic acids is 1. The lowest BCUT2D eigenvalue weighted by Crippen LogP contribution is -2.24. The number of hydrogen-bond acceptors (Lipinski definition) is 2. The third-order valence-electron chi connectivity index (χ3n) is 3.28. The summed E-state index contributed by atoms with van der Waals surface area (Å²) >= 11 is 1.89. The second kappa shape index (κ2) is 4.73. The topological polar surface area (TPSA) is 37.3 Å². The predicted octanol–water partition coefficient (Wildman–Crippen LogP) is 3.48. The molecule has 1 aliphatic heterocycles. The van der Waals surface area contributed by atoms with E-state index in [2.05, 4.69) is 18.2 Å². The van der Waals surface area contributed by atoms with Gasteiger partial charge in [0.2, 0.25) is 0 Å². The summed E-state index contributed by atoms with van der Waals surface area (Å²) in [4.78, 5) is 12.3. The molecular weight excluding hydrogens is 232 g/mol. The Labute approximate surface area is 106 Å². The maximum Gasteiger partial charge on any atom is 0.304 e. The molecule has 0 aromatic heterocycles. The van der Waals surface area contributed by atoms with Crippen molar-refractivity contribution in [3.63, 3.8) is 0 Å². The van der Waals surface area contributed by atoms with Crippen molar-refractivity contribution < 1.29 is 9.90 Å². The Balaban J connectivity index is 2.41. The second-order valence-corrected chi connectivity index (χ2v) is 6.33. The number of hydrogen-bond donors (Lipinski definition) is 1. The van der Waals surface area contributed by atoms with Gasteiger partial charge in [-0.2, -0.15) is 0 Å². The molecule has 0 atom stereocenters. The number of rotatable bonds is 3. The molecule has 0 bridgehead atoms. The molecule has 2 rings (SSSR count). The van der Waals surface area contributed by atoms with Crippen LogP contribution in [0.5, 0.6) is 0 Å². The van der Waals surface area contributed by atoms with Crippen LogP contribution in [0.1, 0.15) is 37.8 Å². The van der Waals surface area contributed by atoms with Gasteiger partial charge in [-0.1, -0.05) is 26.0 Å². The number of fused-ring (bicyclic) bond motifs is 1. The van der Waals surface area contributed by atoms with E-state index in [-0.39, 0.29) is 11.8 Å². The molecule has 0 radical (unpaired) electrons. The largest absolute Gasteiger partial charge is 0.481 e. The van der Waals surface area contributed by atoms with Gasteiger partial charge in [0.05, 0.1) is 6.42 Å². The van der Waals surface area contributed by atoms with Crippen molar-refractivity contribution in [3.8, 4) is 0 Å². The summed E-state index contributed by atoms with van der Waals surface area (Å²) in [5.41, 5.74) is 2.30. The lowest BCUT2D eigenvalue weighted by molar-refractivity contribution is -0.138. The molecule has 1 heterocycles. The van der Waals surface area contributed by atoms with E-state index in [4.69, 9.17) is 5.11 Å². The molecule has 0 saturated carbocycles. The summed E-state index contributed by atoms with van der Waals surface area (Å²) in [6.45, 7) is 4.05. The first-order valence-corrected chi connectivity index (χ1v) is 6.96. The minimum atomic E-state index is -0.726. The van der Waals surface area contributed by atoms with E-state index < -0.39 is 5.97 Å². The molecule has 1 N–H and O–H groups in total. The molecule has 1 aromatic carbocycles. The molecule has 0 saturated heterocycles. The normalized spacial score (nSPS) is 15.4. The molecule has 3 heteroatoms. The van der Waals surface area contributed by atoms with E-state index in [1.807, 2.05) is 25.6 Å². The minimum absolute atomic E-state index is 0.189. The van der Waals surface area contributed by atoms with Crippen LogP contribution in [0.25, 0.3) is 0 Å². The Morgan fingerprint density at radius 2 is 2.24 bits per heavy atom. The molecular formula is C14H18O2S. The third-order valence-corrected chi connectivity index (χ3v) is 4.47. The van der Waals surface area contributed by atoms with Gasteiger partial charge in [0.15, 0.2) is 0 Å². The Kier molecular flexibility index (Phi) is 3.48. The Hall–Kier alpha value is -0.960. The first-order valence-electron chi connectivity index (χ1n) is 5.98. The van der Waals surface area contributed by atoms with Crippen LogP contribution in [0, 0.1) is 0 Å². The molecule has 1 aliphatic rings. The van der Waals surface area contributed by atoms with Crippen molar-refractivity contribution in [2.45, 2.75) is 43.4 Å². The number of carbonyl (C=O) groups is 1. The van der Waals surface area contributed by atoms with Crippen molar-refractivity contribution in [2.75, 3.05) is 5.75 Å². The van der Waals surface area contributed by atoms with E-state index in [1.54, 1.807) is 0 Å². The van der Waals surface area contributed by atoms with Crippen LogP contribution in [-0.2, 0) is 16.6 Å². The van der Waals surface area contributed by atoms with Gasteiger partial charge in [0.1, 0.15) is 0 Å². The number of benzene rings is 1. The molecule has 0 aliphatic carbocycles. The molecule has 2 nitrogen and oxygen atoms in total. The fourth-order valence-corrected chi connectivity index (χ4v) is 3.57. The summed E-state index contributed by atoms with van der Waals surface area (Å²) in [6.07, 6.45) is 2.47. The van der Waals surface area contributed by atoms with E-state index in [1.165, 1.54) is 28.2 Å². The van der Waals surface area contributed by atoms with Gasteiger partial charge in [-0.25, -0.2) is 0 Å². The quantitative estimate of drug-likeness (QED) is 0.892. The van der Waals surface area contributed by atoms with Crippen LogP contribution < -0.4 is 0 Å². The van der Waals surface area contributed by atoms with Gasteiger partial charge < -0.3 is 5.11 Å². The zero-order valence-electron chi connectivity index (χ0n) is 10.3. The number of thioether (sulfide) groups is 1. The van der Waals surface area contributed by atoms with Crippen LogP contribution in [-0.4, -0.2) is 16.8 Å². The lowest BCUT2D eigenvalue weighted by Gasteiger charge is -2.29. The molecule has 17 heavy (non-hydrogen) atoms. The third kappa shape index (κ3) is 2.65. The standard InChI is InChI=1S/C14H18O2S/c1-14(2,9-13(15)16)11-6-3-7-12-10(11)5-4-8-17-12/h3,6-7H,4-5,8-9H2,1-2H3,(H,15,16). The highest BCUT2D eigenvalue weighted by molar-refractivity contribution is 7.99. The fraction of sp³-hybridized carbons (Fsp3) is 0.500. The van der Waals surface area contributed by atoms with Crippen molar-refractivity contribution in [1.82, 2.24) is 0 Å². The maximum absolute atomic E-state index is 11.0. The van der Waals surface area contributed by atoms with Gasteiger partial charge in [-0.3, -0.25) is 4.79 Å². The highest BCUT2D eigenvalue weighted by Crippen LogP contribution is 2.38. The summed E-state index contributed by atoms with van der Waals surface area (Å²) < 4.78 is 0. The van der Waals surface area contributed by atoms with Gasteiger partial charge in [-0.05, 0) is 35.8 Å². The molecule has 0 amide bonds. The number of aliphatic carboxylic acids is 1. The minimum Gasteiger partial charge on any atom is -0.481 e. The van der Waals surface area contributed by atoms with Crippen LogP contribution >= 0.6 is 11.8 Å². The van der Waals surface area contributed by atoms with E-state index in [9.17, 15) is 4.79 Å². The fourth-order valence-electron chi connectivity index (χ4n) is 2.50. The van der Waals surface area contributed by atoms with Gasteiger partial charge in [0.25, 0.3) is 0 Å². The Morgan fingerprint density at radius 3 is 2.94 bits per heavy atom. The maximum atomic E-state index is 11.0. The highest BCUT2D eigenvalue weighted by Gasteiger charge is 2.28. The molecule has 92 valence electrons. The first-order chi connectivity index (χ1) is 8.00. The van der Waals surface area contributed by atoms with Crippen molar-refractivity contribution in [1.29, 1.82) is 0 Å². The summed E-state index contributed by atoms with van der Waals surface area (Å²) in [6, 6.07) is 6.29. The number of carboxylic acid groups (broad SMARTS) is 1. The lowest BCUT2D eigenvalue weighted by atomic mass is 9.78. The SMILES string of the molecule is CC(C)(CC(=O)O)c1cccc2c1CCCS2. The van der Waals surface area contributed by atoms with Crippen molar-refractivity contribution in [3.05, 3.63) is 29.3 Å². The summed E-state index contributed by atoms with van der Waals surface area (Å²) in [5.74, 6) is 0.451. The predicted molar refractivity (Wildman–Crippen MR) is 70.8 cm³/mol. The van der Waals surface area contributed by atoms with Gasteiger partial charge >= 0.3 is 5.97 Å². The first kappa shape index (κ1) is 12.5. The Morgan fingerprint density at radius 1 is 1.47 bits per heavy atom. The van der Waals surface area contributed by atoms with Crippen molar-refractivity contribution >= 4 is 17.7 Å². The summed E-state index contributed by atoms with van der Waals surface area (Å²) in [5, 5.41) is 9.01. The van der Waals surface area contributed by atoms with Crippen LogP contribution in [0.2, 0.25) is 0 Å². The van der Waals surface area contributed by atoms with Crippen LogP contribution in [0.4, 0.5) is 0 Å². The van der Waals surface area contributed by atoms with E-state index >= 15 is 0 Å². The average Bonchev–Trinajstić information content (AvgIpc) is 2.26. The monoisotopic (exact) mass is 250 g/mol. The second-order valence-electron chi connectivity index (χ2n) is 5.19. The van der Waals surface area contributed by atoms with E-state index in [0.717, 1.165) is 6.42 Å². The summed E-state index contributed by atoms with van der Waals surface area (Å²) in [7, 11) is 0. The molecule has 0 fully saturated rings. The Bertz CT molecular complexity index is 438. The average molecular weight is 250 g/mol. The smallest absolute Gasteiger partial charge is 0.304 e.